The Labute approximate surface area is 122 Å². The number of nitro groups is 1. The molecular weight excluding hydrogens is 278 g/mol. The molecule has 7 nitrogen and oxygen atoms in total. The molecule has 0 fully saturated rings. The van der Waals surface area contributed by atoms with Gasteiger partial charge in [0.1, 0.15) is 5.56 Å². The van der Waals surface area contributed by atoms with Gasteiger partial charge in [-0.15, -0.1) is 0 Å². The van der Waals surface area contributed by atoms with Gasteiger partial charge in [0.05, 0.1) is 25.1 Å². The molecule has 0 bridgehead atoms. The van der Waals surface area contributed by atoms with Gasteiger partial charge in [-0.25, -0.2) is 4.79 Å². The molecule has 0 spiro atoms. The van der Waals surface area contributed by atoms with Crippen LogP contribution >= 0.6 is 0 Å². The Balaban J connectivity index is 3.63. The van der Waals surface area contributed by atoms with Gasteiger partial charge >= 0.3 is 11.9 Å². The number of carbonyl (C=O) groups excluding carboxylic acids is 2. The van der Waals surface area contributed by atoms with E-state index in [4.69, 9.17) is 0 Å². The van der Waals surface area contributed by atoms with Crippen LogP contribution in [0.3, 0.4) is 0 Å². The van der Waals surface area contributed by atoms with E-state index in [-0.39, 0.29) is 11.1 Å². The maximum Gasteiger partial charge on any atom is 0.345 e. The molecule has 1 unspecified atom stereocenters. The lowest BCUT2D eigenvalue weighted by atomic mass is 9.91. The van der Waals surface area contributed by atoms with Crippen LogP contribution in [0.25, 0.3) is 0 Å². The summed E-state index contributed by atoms with van der Waals surface area (Å²) in [6.07, 6.45) is 0.317. The van der Waals surface area contributed by atoms with E-state index in [1.165, 1.54) is 13.2 Å². The predicted molar refractivity (Wildman–Crippen MR) is 74.2 cm³/mol. The second-order valence-electron chi connectivity index (χ2n) is 4.43. The van der Waals surface area contributed by atoms with Crippen molar-refractivity contribution in [2.75, 3.05) is 14.2 Å². The van der Waals surface area contributed by atoms with Crippen molar-refractivity contribution in [1.82, 2.24) is 0 Å². The maximum atomic E-state index is 11.8. The lowest BCUT2D eigenvalue weighted by Crippen LogP contribution is -2.18. The second-order valence-corrected chi connectivity index (χ2v) is 4.43. The van der Waals surface area contributed by atoms with Gasteiger partial charge in [-0.05, 0) is 18.9 Å². The van der Waals surface area contributed by atoms with Crippen molar-refractivity contribution in [2.24, 2.45) is 0 Å². The van der Waals surface area contributed by atoms with E-state index in [1.807, 2.05) is 0 Å². The van der Waals surface area contributed by atoms with Crippen LogP contribution in [0.1, 0.15) is 40.7 Å². The number of rotatable bonds is 5. The molecule has 7 heteroatoms. The number of aryl methyl sites for hydroxylation is 1. The molecule has 0 N–H and O–H groups in total. The van der Waals surface area contributed by atoms with Crippen molar-refractivity contribution >= 4 is 17.6 Å². The third-order valence-corrected chi connectivity index (χ3v) is 3.26. The normalized spacial score (nSPS) is 11.6. The van der Waals surface area contributed by atoms with Crippen molar-refractivity contribution in [3.63, 3.8) is 0 Å². The molecule has 0 aliphatic heterocycles. The molecule has 0 radical (unpaired) electrons. The number of esters is 2. The standard InChI is InChI=1S/C14H17NO6/c1-5-9(13(16)20-3)10-7-6-8(2)11(14(17)21-4)12(10)15(18)19/h6-7,9H,5H2,1-4H3. The summed E-state index contributed by atoms with van der Waals surface area (Å²) in [7, 11) is 2.36. The molecule has 0 aromatic heterocycles. The fourth-order valence-corrected chi connectivity index (χ4v) is 2.20. The zero-order valence-electron chi connectivity index (χ0n) is 12.3. The van der Waals surface area contributed by atoms with E-state index < -0.39 is 28.5 Å². The molecule has 0 aliphatic rings. The SMILES string of the molecule is CCC(C(=O)OC)c1ccc(C)c(C(=O)OC)c1[N+](=O)[O-]. The van der Waals surface area contributed by atoms with Crippen LogP contribution in [-0.2, 0) is 14.3 Å². The Morgan fingerprint density at radius 2 is 1.90 bits per heavy atom. The number of hydrogen-bond donors (Lipinski definition) is 0. The summed E-state index contributed by atoms with van der Waals surface area (Å²) in [5, 5.41) is 11.4. The highest BCUT2D eigenvalue weighted by atomic mass is 16.6. The summed E-state index contributed by atoms with van der Waals surface area (Å²) in [5.41, 5.74) is 0.0267. The summed E-state index contributed by atoms with van der Waals surface area (Å²) < 4.78 is 9.28. The molecule has 1 aromatic carbocycles. The van der Waals surface area contributed by atoms with E-state index >= 15 is 0 Å². The lowest BCUT2D eigenvalue weighted by Gasteiger charge is -2.15. The molecule has 0 aliphatic carbocycles. The molecule has 0 heterocycles. The van der Waals surface area contributed by atoms with Crippen molar-refractivity contribution in [1.29, 1.82) is 0 Å². The molecule has 1 atom stereocenters. The molecule has 0 saturated carbocycles. The molecule has 0 amide bonds. The van der Waals surface area contributed by atoms with Gasteiger partial charge < -0.3 is 9.47 Å². The monoisotopic (exact) mass is 295 g/mol. The zero-order chi connectivity index (χ0) is 16.2. The van der Waals surface area contributed by atoms with Gasteiger partial charge in [0.2, 0.25) is 0 Å². The van der Waals surface area contributed by atoms with E-state index in [2.05, 4.69) is 9.47 Å². The second kappa shape index (κ2) is 6.83. The summed E-state index contributed by atoms with van der Waals surface area (Å²) in [6, 6.07) is 3.03. The van der Waals surface area contributed by atoms with Crippen molar-refractivity contribution in [3.8, 4) is 0 Å². The van der Waals surface area contributed by atoms with Crippen LogP contribution in [0.5, 0.6) is 0 Å². The minimum Gasteiger partial charge on any atom is -0.469 e. The van der Waals surface area contributed by atoms with Crippen LogP contribution in [0.4, 0.5) is 5.69 Å². The largest absolute Gasteiger partial charge is 0.469 e. The molecular formula is C14H17NO6. The Kier molecular flexibility index (Phi) is 5.40. The van der Waals surface area contributed by atoms with Crippen molar-refractivity contribution in [2.45, 2.75) is 26.2 Å². The summed E-state index contributed by atoms with van der Waals surface area (Å²) in [4.78, 5) is 34.3. The maximum absolute atomic E-state index is 11.8. The van der Waals surface area contributed by atoms with E-state index in [0.29, 0.717) is 12.0 Å². The quantitative estimate of drug-likeness (QED) is 0.470. The molecule has 1 rings (SSSR count). The third-order valence-electron chi connectivity index (χ3n) is 3.26. The first-order chi connectivity index (χ1) is 9.88. The lowest BCUT2D eigenvalue weighted by molar-refractivity contribution is -0.386. The van der Waals surface area contributed by atoms with Crippen LogP contribution in [0.15, 0.2) is 12.1 Å². The summed E-state index contributed by atoms with van der Waals surface area (Å²) >= 11 is 0. The highest BCUT2D eigenvalue weighted by molar-refractivity contribution is 5.97. The highest BCUT2D eigenvalue weighted by Gasteiger charge is 2.33. The number of nitrogens with zero attached hydrogens (tertiary/aromatic N) is 1. The minimum absolute atomic E-state index is 0.137. The van der Waals surface area contributed by atoms with Crippen molar-refractivity contribution < 1.29 is 24.0 Å². The first-order valence-electron chi connectivity index (χ1n) is 6.33. The first kappa shape index (κ1) is 16.6. The van der Waals surface area contributed by atoms with Gasteiger partial charge in [-0.1, -0.05) is 19.1 Å². The average molecular weight is 295 g/mol. The molecule has 21 heavy (non-hydrogen) atoms. The molecule has 1 aromatic rings. The van der Waals surface area contributed by atoms with Crippen LogP contribution < -0.4 is 0 Å². The first-order valence-corrected chi connectivity index (χ1v) is 6.33. The highest BCUT2D eigenvalue weighted by Crippen LogP contribution is 2.34. The van der Waals surface area contributed by atoms with Gasteiger partial charge in [-0.2, -0.15) is 0 Å². The smallest absolute Gasteiger partial charge is 0.345 e. The number of carbonyl (C=O) groups is 2. The molecule has 114 valence electrons. The van der Waals surface area contributed by atoms with Gasteiger partial charge in [0, 0.05) is 5.56 Å². The summed E-state index contributed by atoms with van der Waals surface area (Å²) in [5.74, 6) is -2.19. The number of nitro benzene ring substituents is 1. The van der Waals surface area contributed by atoms with E-state index in [1.54, 1.807) is 19.9 Å². The molecule has 0 saturated heterocycles. The topological polar surface area (TPSA) is 95.7 Å². The van der Waals surface area contributed by atoms with Crippen molar-refractivity contribution in [3.05, 3.63) is 38.9 Å². The fraction of sp³-hybridized carbons (Fsp3) is 0.429. The Bertz CT molecular complexity index is 581. The fourth-order valence-electron chi connectivity index (χ4n) is 2.20. The summed E-state index contributed by atoms with van der Waals surface area (Å²) in [6.45, 7) is 3.28. The van der Waals surface area contributed by atoms with Crippen LogP contribution in [0.2, 0.25) is 0 Å². The Hall–Kier alpha value is -2.44. The van der Waals surface area contributed by atoms with Gasteiger partial charge in [0.15, 0.2) is 0 Å². The van der Waals surface area contributed by atoms with E-state index in [9.17, 15) is 19.7 Å². The van der Waals surface area contributed by atoms with Gasteiger partial charge in [0.25, 0.3) is 5.69 Å². The predicted octanol–water partition coefficient (Wildman–Crippen LogP) is 2.36. The van der Waals surface area contributed by atoms with E-state index in [0.717, 1.165) is 7.11 Å². The number of ether oxygens (including phenoxy) is 2. The average Bonchev–Trinajstić information content (AvgIpc) is 2.47. The number of hydrogen-bond acceptors (Lipinski definition) is 6. The van der Waals surface area contributed by atoms with Crippen LogP contribution in [-0.4, -0.2) is 31.1 Å². The number of methoxy groups -OCH3 is 2. The Morgan fingerprint density at radius 3 is 2.33 bits per heavy atom. The van der Waals surface area contributed by atoms with Gasteiger partial charge in [-0.3, -0.25) is 14.9 Å². The van der Waals surface area contributed by atoms with Crippen LogP contribution in [0, 0.1) is 17.0 Å². The zero-order valence-corrected chi connectivity index (χ0v) is 12.3. The third kappa shape index (κ3) is 3.18. The number of benzene rings is 1. The minimum atomic E-state index is -0.806. The Morgan fingerprint density at radius 1 is 1.29 bits per heavy atom.